The Morgan fingerprint density at radius 1 is 1.12 bits per heavy atom. The minimum Gasteiger partial charge on any atom is -0.368 e. The molecule has 2 amide bonds. The highest BCUT2D eigenvalue weighted by Crippen LogP contribution is 2.48. The second kappa shape index (κ2) is 8.83. The number of aromatic nitrogens is 2. The summed E-state index contributed by atoms with van der Waals surface area (Å²) in [7, 11) is 0. The van der Waals surface area contributed by atoms with Crippen LogP contribution in [0.2, 0.25) is 0 Å². The van der Waals surface area contributed by atoms with Gasteiger partial charge in [-0.3, -0.25) is 14.5 Å². The normalized spacial score (nSPS) is 16.4. The van der Waals surface area contributed by atoms with Crippen molar-refractivity contribution in [2.75, 3.05) is 17.2 Å². The number of amides is 2. The van der Waals surface area contributed by atoms with Crippen LogP contribution >= 0.6 is 11.8 Å². The molecule has 0 bridgehead atoms. The second-order valence-corrected chi connectivity index (χ2v) is 10.1. The van der Waals surface area contributed by atoms with Crippen LogP contribution in [-0.4, -0.2) is 33.9 Å². The van der Waals surface area contributed by atoms with Gasteiger partial charge in [0.15, 0.2) is 0 Å². The van der Waals surface area contributed by atoms with E-state index >= 15 is 0 Å². The van der Waals surface area contributed by atoms with Crippen molar-refractivity contribution in [3.63, 3.8) is 0 Å². The highest BCUT2D eigenvalue weighted by Gasteiger charge is 2.40. The maximum atomic E-state index is 15.0. The molecule has 0 fully saturated rings. The molecule has 4 rings (SSSR count). The number of rotatable bonds is 4. The highest BCUT2D eigenvalue weighted by atomic mass is 32.2. The molecule has 0 aliphatic carbocycles. The number of fused-ring (bicyclic) bond motifs is 1. The molecule has 2 heterocycles. The number of halogens is 3. The van der Waals surface area contributed by atoms with E-state index in [-0.39, 0.29) is 17.1 Å². The Hall–Kier alpha value is -3.27. The minimum atomic E-state index is -0.756. The van der Waals surface area contributed by atoms with Gasteiger partial charge in [-0.15, -0.1) is 11.8 Å². The van der Waals surface area contributed by atoms with E-state index in [0.29, 0.717) is 16.9 Å². The monoisotopic (exact) mass is 488 g/mol. The molecule has 1 aromatic heterocycles. The number of benzene rings is 2. The molecule has 2 aromatic carbocycles. The molecule has 3 aromatic rings. The van der Waals surface area contributed by atoms with Crippen LogP contribution < -0.4 is 10.6 Å². The van der Waals surface area contributed by atoms with Crippen LogP contribution in [0.1, 0.15) is 42.8 Å². The summed E-state index contributed by atoms with van der Waals surface area (Å²) in [6, 6.07) is 8.80. The summed E-state index contributed by atoms with van der Waals surface area (Å²) < 4.78 is 43.7. The van der Waals surface area contributed by atoms with Crippen LogP contribution in [0, 0.1) is 17.5 Å². The van der Waals surface area contributed by atoms with Crippen LogP contribution in [0.25, 0.3) is 5.69 Å². The third kappa shape index (κ3) is 4.42. The summed E-state index contributed by atoms with van der Waals surface area (Å²) in [5, 5.41) is 4.04. The van der Waals surface area contributed by atoms with Crippen molar-refractivity contribution in [2.24, 2.45) is 5.73 Å². The molecule has 0 saturated carbocycles. The first-order valence-electron chi connectivity index (χ1n) is 10.5. The van der Waals surface area contributed by atoms with Gasteiger partial charge in [0.25, 0.3) is 0 Å². The van der Waals surface area contributed by atoms with E-state index in [1.165, 1.54) is 39.9 Å². The first-order chi connectivity index (χ1) is 16.0. The van der Waals surface area contributed by atoms with Crippen LogP contribution in [0.15, 0.2) is 42.5 Å². The molecule has 0 saturated heterocycles. The average molecular weight is 489 g/mol. The summed E-state index contributed by atoms with van der Waals surface area (Å²) >= 11 is 1.16. The summed E-state index contributed by atoms with van der Waals surface area (Å²) in [6.07, 6.45) is 0. The lowest BCUT2D eigenvalue weighted by Gasteiger charge is -2.24. The quantitative estimate of drug-likeness (QED) is 0.596. The number of nitrogens with zero attached hydrogens (tertiary/aromatic N) is 3. The fourth-order valence-corrected chi connectivity index (χ4v) is 5.17. The molecule has 2 N–H and O–H groups in total. The smallest absolute Gasteiger partial charge is 0.238 e. The lowest BCUT2D eigenvalue weighted by Crippen LogP contribution is -2.40. The maximum absolute atomic E-state index is 15.0. The molecule has 178 valence electrons. The van der Waals surface area contributed by atoms with Crippen molar-refractivity contribution < 1.29 is 22.8 Å². The van der Waals surface area contributed by atoms with Crippen molar-refractivity contribution in [1.29, 1.82) is 0 Å². The van der Waals surface area contributed by atoms with E-state index in [1.54, 1.807) is 0 Å². The molecule has 6 nitrogen and oxygen atoms in total. The third-order valence-corrected chi connectivity index (χ3v) is 6.67. The van der Waals surface area contributed by atoms with Crippen molar-refractivity contribution in [3.05, 3.63) is 76.7 Å². The number of nitrogens with two attached hydrogens (primary N) is 1. The molecule has 1 atom stereocenters. The van der Waals surface area contributed by atoms with E-state index in [0.717, 1.165) is 23.9 Å². The predicted octanol–water partition coefficient (Wildman–Crippen LogP) is 4.24. The molecular formula is C24H23F3N4O2S. The van der Waals surface area contributed by atoms with E-state index in [9.17, 15) is 22.8 Å². The Morgan fingerprint density at radius 3 is 2.35 bits per heavy atom. The second-order valence-electron chi connectivity index (χ2n) is 9.03. The lowest BCUT2D eigenvalue weighted by molar-refractivity contribution is -0.121. The van der Waals surface area contributed by atoms with E-state index in [1.807, 2.05) is 20.8 Å². The zero-order valence-corrected chi connectivity index (χ0v) is 19.6. The lowest BCUT2D eigenvalue weighted by atomic mass is 9.87. The summed E-state index contributed by atoms with van der Waals surface area (Å²) in [5.74, 6) is -2.91. The molecule has 34 heavy (non-hydrogen) atoms. The molecule has 0 unspecified atom stereocenters. The van der Waals surface area contributed by atoms with Gasteiger partial charge in [-0.05, 0) is 30.3 Å². The highest BCUT2D eigenvalue weighted by molar-refractivity contribution is 8.00. The van der Waals surface area contributed by atoms with Gasteiger partial charge in [0.1, 0.15) is 29.8 Å². The first-order valence-corrected chi connectivity index (χ1v) is 11.6. The van der Waals surface area contributed by atoms with Crippen molar-refractivity contribution >= 4 is 29.4 Å². The van der Waals surface area contributed by atoms with Gasteiger partial charge in [0.2, 0.25) is 11.8 Å². The number of carbonyl (C=O) groups is 2. The molecule has 0 spiro atoms. The number of anilines is 1. The van der Waals surface area contributed by atoms with Gasteiger partial charge in [0, 0.05) is 22.6 Å². The van der Waals surface area contributed by atoms with Gasteiger partial charge in [0.05, 0.1) is 22.4 Å². The van der Waals surface area contributed by atoms with Crippen LogP contribution in [0.4, 0.5) is 19.0 Å². The molecular weight excluding hydrogens is 465 g/mol. The summed E-state index contributed by atoms with van der Waals surface area (Å²) in [4.78, 5) is 26.3. The van der Waals surface area contributed by atoms with Crippen molar-refractivity contribution in [1.82, 2.24) is 9.78 Å². The van der Waals surface area contributed by atoms with E-state index in [2.05, 4.69) is 0 Å². The number of carbonyl (C=O) groups excluding carboxylic acids is 2. The molecule has 1 aliphatic heterocycles. The Morgan fingerprint density at radius 2 is 1.76 bits per heavy atom. The standard InChI is InChI=1S/C24H23F3N4O2S/c1-24(2,3)22-20-21(16-9-6-14(26)10-17(16)27)34-12-19(33)30(11-18(28)32)23(20)31(29-22)15-7-4-13(25)5-8-15/h4-10,21H,11-12H2,1-3H3,(H2,28,32)/t21-/m0/s1. The summed E-state index contributed by atoms with van der Waals surface area (Å²) in [5.41, 5.74) is 6.60. The Balaban J connectivity index is 2.08. The fraction of sp³-hybridized carbons (Fsp3) is 0.292. The topological polar surface area (TPSA) is 81.2 Å². The zero-order valence-electron chi connectivity index (χ0n) is 18.8. The largest absolute Gasteiger partial charge is 0.368 e. The number of hydrogen-bond donors (Lipinski definition) is 1. The maximum Gasteiger partial charge on any atom is 0.238 e. The van der Waals surface area contributed by atoms with Gasteiger partial charge < -0.3 is 5.73 Å². The van der Waals surface area contributed by atoms with E-state index < -0.39 is 46.5 Å². The van der Waals surface area contributed by atoms with Crippen LogP contribution in [-0.2, 0) is 15.0 Å². The Labute approximate surface area is 198 Å². The number of primary amides is 1. The molecule has 0 radical (unpaired) electrons. The van der Waals surface area contributed by atoms with Gasteiger partial charge in [-0.25, -0.2) is 17.9 Å². The SMILES string of the molecule is CC(C)(C)c1nn(-c2ccc(F)cc2)c2c1[C@H](c1ccc(F)cc1F)SCC(=O)N2CC(N)=O. The Bertz CT molecular complexity index is 1270. The third-order valence-electron chi connectivity index (χ3n) is 5.43. The van der Waals surface area contributed by atoms with Crippen LogP contribution in [0.3, 0.4) is 0 Å². The number of thioether (sulfide) groups is 1. The van der Waals surface area contributed by atoms with Crippen molar-refractivity contribution in [2.45, 2.75) is 31.4 Å². The van der Waals surface area contributed by atoms with Crippen molar-refractivity contribution in [3.8, 4) is 5.69 Å². The van der Waals surface area contributed by atoms with Gasteiger partial charge >= 0.3 is 0 Å². The number of hydrogen-bond acceptors (Lipinski definition) is 4. The zero-order chi connectivity index (χ0) is 24.8. The van der Waals surface area contributed by atoms with Gasteiger partial charge in [-0.2, -0.15) is 5.10 Å². The minimum absolute atomic E-state index is 0.0730. The Kier molecular flexibility index (Phi) is 6.20. The van der Waals surface area contributed by atoms with Gasteiger partial charge in [-0.1, -0.05) is 26.8 Å². The molecule has 10 heteroatoms. The predicted molar refractivity (Wildman–Crippen MR) is 124 cm³/mol. The molecule has 1 aliphatic rings. The fourth-order valence-electron chi connectivity index (χ4n) is 3.95. The van der Waals surface area contributed by atoms with Crippen LogP contribution in [0.5, 0.6) is 0 Å². The first kappa shape index (κ1) is 23.9. The average Bonchev–Trinajstić information content (AvgIpc) is 3.08. The van der Waals surface area contributed by atoms with E-state index in [4.69, 9.17) is 10.8 Å². The summed E-state index contributed by atoms with van der Waals surface area (Å²) in [6.45, 7) is 5.33.